The lowest BCUT2D eigenvalue weighted by Crippen LogP contribution is -2.39. The van der Waals surface area contributed by atoms with Crippen molar-refractivity contribution < 1.29 is 4.79 Å². The van der Waals surface area contributed by atoms with Crippen LogP contribution < -0.4 is 5.32 Å². The highest BCUT2D eigenvalue weighted by Gasteiger charge is 2.23. The number of pyridine rings is 1. The molecule has 1 aliphatic rings. The number of rotatable bonds is 4. The van der Waals surface area contributed by atoms with Crippen molar-refractivity contribution in [2.45, 2.75) is 18.9 Å². The van der Waals surface area contributed by atoms with Gasteiger partial charge < -0.3 is 10.2 Å². The van der Waals surface area contributed by atoms with Gasteiger partial charge in [-0.1, -0.05) is 6.07 Å². The fourth-order valence-electron chi connectivity index (χ4n) is 2.45. The Hall–Kier alpha value is -1.21. The Morgan fingerprint density at radius 3 is 2.91 bits per heavy atom. The van der Waals surface area contributed by atoms with Crippen LogP contribution in [0.4, 0.5) is 0 Å². The highest BCUT2D eigenvalue weighted by molar-refractivity contribution is 7.13. The molecule has 126 valence electrons. The molecule has 0 spiro atoms. The molecule has 1 aliphatic heterocycles. The fourth-order valence-corrected chi connectivity index (χ4v) is 3.24. The standard InChI is InChI=1S/C15H18N4OS.2ClH/c1-19(12-5-7-16-9-12)14(20)8-11-10-21-15(18-11)13-4-2-3-6-17-13;;/h2-4,6,10,12,16H,5,7-9H2,1H3;2*1H. The predicted molar refractivity (Wildman–Crippen MR) is 97.6 cm³/mol. The molecule has 0 aromatic carbocycles. The molecule has 23 heavy (non-hydrogen) atoms. The average Bonchev–Trinajstić information content (AvgIpc) is 3.19. The second kappa shape index (κ2) is 9.17. The number of nitrogens with one attached hydrogen (secondary N) is 1. The predicted octanol–water partition coefficient (Wildman–Crippen LogP) is 2.41. The van der Waals surface area contributed by atoms with Crippen molar-refractivity contribution in [2.75, 3.05) is 20.1 Å². The molecule has 0 radical (unpaired) electrons. The van der Waals surface area contributed by atoms with E-state index in [1.165, 1.54) is 11.3 Å². The minimum Gasteiger partial charge on any atom is -0.341 e. The van der Waals surface area contributed by atoms with Crippen molar-refractivity contribution in [1.82, 2.24) is 20.2 Å². The molecule has 3 heterocycles. The van der Waals surface area contributed by atoms with Crippen molar-refractivity contribution >= 4 is 42.1 Å². The highest BCUT2D eigenvalue weighted by atomic mass is 35.5. The molecule has 1 unspecified atom stereocenters. The lowest BCUT2D eigenvalue weighted by atomic mass is 10.2. The second-order valence-corrected chi connectivity index (χ2v) is 6.05. The third-order valence-electron chi connectivity index (χ3n) is 3.74. The van der Waals surface area contributed by atoms with Gasteiger partial charge in [-0.15, -0.1) is 36.2 Å². The number of nitrogens with zero attached hydrogens (tertiary/aromatic N) is 3. The van der Waals surface area contributed by atoms with Gasteiger partial charge >= 0.3 is 0 Å². The van der Waals surface area contributed by atoms with Gasteiger partial charge in [0.15, 0.2) is 0 Å². The van der Waals surface area contributed by atoms with Gasteiger partial charge in [0.05, 0.1) is 17.8 Å². The van der Waals surface area contributed by atoms with Gasteiger partial charge in [0.2, 0.25) is 5.91 Å². The molecule has 0 aliphatic carbocycles. The van der Waals surface area contributed by atoms with Crippen molar-refractivity contribution in [3.05, 3.63) is 35.5 Å². The lowest BCUT2D eigenvalue weighted by molar-refractivity contribution is -0.130. The third-order valence-corrected chi connectivity index (χ3v) is 4.66. The molecule has 5 nitrogen and oxygen atoms in total. The maximum Gasteiger partial charge on any atom is 0.228 e. The zero-order valence-electron chi connectivity index (χ0n) is 12.8. The minimum absolute atomic E-state index is 0. The Kier molecular flexibility index (Phi) is 7.91. The Morgan fingerprint density at radius 1 is 1.43 bits per heavy atom. The molecule has 0 saturated carbocycles. The smallest absolute Gasteiger partial charge is 0.228 e. The first-order valence-corrected chi connectivity index (χ1v) is 7.94. The monoisotopic (exact) mass is 374 g/mol. The quantitative estimate of drug-likeness (QED) is 0.892. The molecule has 8 heteroatoms. The molecule has 1 N–H and O–H groups in total. The average molecular weight is 375 g/mol. The molecular formula is C15H20Cl2N4OS. The summed E-state index contributed by atoms with van der Waals surface area (Å²) in [6.07, 6.45) is 3.14. The van der Waals surface area contributed by atoms with E-state index in [-0.39, 0.29) is 30.7 Å². The van der Waals surface area contributed by atoms with Gasteiger partial charge in [0.1, 0.15) is 5.01 Å². The van der Waals surface area contributed by atoms with Crippen LogP contribution in [-0.2, 0) is 11.2 Å². The van der Waals surface area contributed by atoms with Crippen LogP contribution in [0.3, 0.4) is 0 Å². The number of likely N-dealkylation sites (N-methyl/N-ethyl adjacent to an activating group) is 1. The summed E-state index contributed by atoms with van der Waals surface area (Å²) in [6.45, 7) is 1.88. The van der Waals surface area contributed by atoms with E-state index < -0.39 is 0 Å². The van der Waals surface area contributed by atoms with Crippen LogP contribution in [0.5, 0.6) is 0 Å². The molecule has 0 bridgehead atoms. The second-order valence-electron chi connectivity index (χ2n) is 5.19. The lowest BCUT2D eigenvalue weighted by Gasteiger charge is -2.23. The number of halogens is 2. The number of carbonyl (C=O) groups is 1. The molecule has 2 aromatic rings. The maximum atomic E-state index is 12.3. The molecule has 1 fully saturated rings. The minimum atomic E-state index is 0. The van der Waals surface area contributed by atoms with Gasteiger partial charge in [-0.3, -0.25) is 9.78 Å². The van der Waals surface area contributed by atoms with Crippen LogP contribution in [0.25, 0.3) is 10.7 Å². The number of hydrogen-bond donors (Lipinski definition) is 1. The van der Waals surface area contributed by atoms with Crippen molar-refractivity contribution in [3.8, 4) is 10.7 Å². The maximum absolute atomic E-state index is 12.3. The molecule has 2 aromatic heterocycles. The molecule has 1 saturated heterocycles. The van der Waals surface area contributed by atoms with Crippen LogP contribution >= 0.6 is 36.2 Å². The summed E-state index contributed by atoms with van der Waals surface area (Å²) in [5, 5.41) is 6.09. The van der Waals surface area contributed by atoms with Gasteiger partial charge in [0, 0.05) is 31.2 Å². The normalized spacial score (nSPS) is 16.3. The molecule has 1 atom stereocenters. The van der Waals surface area contributed by atoms with E-state index in [4.69, 9.17) is 0 Å². The zero-order valence-corrected chi connectivity index (χ0v) is 15.2. The first-order chi connectivity index (χ1) is 10.2. The van der Waals surface area contributed by atoms with E-state index in [0.717, 1.165) is 35.9 Å². The summed E-state index contributed by atoms with van der Waals surface area (Å²) in [4.78, 5) is 22.9. The Bertz CT molecular complexity index is 617. The van der Waals surface area contributed by atoms with Gasteiger partial charge in [0.25, 0.3) is 0 Å². The van der Waals surface area contributed by atoms with Crippen LogP contribution in [0, 0.1) is 0 Å². The van der Waals surface area contributed by atoms with Gasteiger partial charge in [-0.05, 0) is 25.1 Å². The number of aromatic nitrogens is 2. The van der Waals surface area contributed by atoms with Crippen molar-refractivity contribution in [1.29, 1.82) is 0 Å². The first kappa shape index (κ1) is 19.8. The summed E-state index contributed by atoms with van der Waals surface area (Å²) < 4.78 is 0. The largest absolute Gasteiger partial charge is 0.341 e. The Labute approximate surface area is 152 Å². The SMILES string of the molecule is CN(C(=O)Cc1csc(-c2ccccn2)n1)C1CCNC1.Cl.Cl. The number of amides is 1. The summed E-state index contributed by atoms with van der Waals surface area (Å²) in [5.74, 6) is 0.126. The van der Waals surface area contributed by atoms with E-state index in [1.54, 1.807) is 6.20 Å². The summed E-state index contributed by atoms with van der Waals surface area (Å²) in [5.41, 5.74) is 1.68. The van der Waals surface area contributed by atoms with Crippen LogP contribution in [0.1, 0.15) is 12.1 Å². The first-order valence-electron chi connectivity index (χ1n) is 7.06. The third kappa shape index (κ3) is 4.88. The summed E-state index contributed by atoms with van der Waals surface area (Å²) >= 11 is 1.53. The van der Waals surface area contributed by atoms with E-state index in [1.807, 2.05) is 35.5 Å². The van der Waals surface area contributed by atoms with Gasteiger partial charge in [-0.25, -0.2) is 4.98 Å². The zero-order chi connectivity index (χ0) is 14.7. The Balaban J connectivity index is 0.00000132. The van der Waals surface area contributed by atoms with Crippen LogP contribution in [0.2, 0.25) is 0 Å². The number of hydrogen-bond acceptors (Lipinski definition) is 5. The summed E-state index contributed by atoms with van der Waals surface area (Å²) in [6, 6.07) is 6.06. The summed E-state index contributed by atoms with van der Waals surface area (Å²) in [7, 11) is 1.88. The van der Waals surface area contributed by atoms with Crippen molar-refractivity contribution in [3.63, 3.8) is 0 Å². The number of thiazole rings is 1. The molecule has 3 rings (SSSR count). The van der Waals surface area contributed by atoms with Crippen molar-refractivity contribution in [2.24, 2.45) is 0 Å². The van der Waals surface area contributed by atoms with E-state index >= 15 is 0 Å². The topological polar surface area (TPSA) is 58.1 Å². The van der Waals surface area contributed by atoms with Crippen LogP contribution in [0.15, 0.2) is 29.8 Å². The van der Waals surface area contributed by atoms with E-state index in [9.17, 15) is 4.79 Å². The Morgan fingerprint density at radius 2 is 2.26 bits per heavy atom. The van der Waals surface area contributed by atoms with E-state index in [0.29, 0.717) is 12.5 Å². The van der Waals surface area contributed by atoms with Gasteiger partial charge in [-0.2, -0.15) is 0 Å². The highest BCUT2D eigenvalue weighted by Crippen LogP contribution is 2.22. The molecule has 1 amide bonds. The number of carbonyl (C=O) groups excluding carboxylic acids is 1. The fraction of sp³-hybridized carbons (Fsp3) is 0.400. The molecular weight excluding hydrogens is 355 g/mol. The van der Waals surface area contributed by atoms with E-state index in [2.05, 4.69) is 15.3 Å². The van der Waals surface area contributed by atoms with Crippen LogP contribution in [-0.4, -0.2) is 47.0 Å².